The Morgan fingerprint density at radius 2 is 1.57 bits per heavy atom. The molecule has 3 amide bonds. The summed E-state index contributed by atoms with van der Waals surface area (Å²) in [5.41, 5.74) is 0. The van der Waals surface area contributed by atoms with Crippen molar-refractivity contribution in [2.24, 2.45) is 0 Å². The molecule has 3 aliphatic rings. The molecule has 1 N–H and O–H groups in total. The first-order chi connectivity index (χ1) is 10.2. The average molecular weight is 295 g/mol. The topological polar surface area (TPSA) is 61.9 Å². The van der Waals surface area contributed by atoms with Crippen LogP contribution in [0.5, 0.6) is 0 Å². The van der Waals surface area contributed by atoms with Gasteiger partial charge in [0.1, 0.15) is 6.10 Å². The molecule has 2 heterocycles. The number of nitrogens with one attached hydrogen (secondary N) is 1. The van der Waals surface area contributed by atoms with Crippen LogP contribution in [0.25, 0.3) is 0 Å². The van der Waals surface area contributed by atoms with Crippen molar-refractivity contribution in [3.05, 3.63) is 0 Å². The first-order valence-electron chi connectivity index (χ1n) is 8.20. The lowest BCUT2D eigenvalue weighted by Crippen LogP contribution is -2.55. The largest absolute Gasteiger partial charge is 0.368 e. The number of amides is 3. The predicted octanol–water partition coefficient (Wildman–Crippen LogP) is 0.962. The van der Waals surface area contributed by atoms with E-state index in [1.54, 1.807) is 0 Å². The minimum absolute atomic E-state index is 0.0334. The number of hydrogen-bond acceptors (Lipinski definition) is 3. The maximum Gasteiger partial charge on any atom is 0.317 e. The summed E-state index contributed by atoms with van der Waals surface area (Å²) in [4.78, 5) is 28.1. The molecular formula is C15H25N3O3. The molecule has 0 radical (unpaired) electrons. The molecular weight excluding hydrogens is 270 g/mol. The minimum Gasteiger partial charge on any atom is -0.368 e. The van der Waals surface area contributed by atoms with Crippen molar-refractivity contribution in [1.82, 2.24) is 15.1 Å². The van der Waals surface area contributed by atoms with Gasteiger partial charge in [0.2, 0.25) is 0 Å². The van der Waals surface area contributed by atoms with E-state index in [1.165, 1.54) is 12.8 Å². The van der Waals surface area contributed by atoms with Gasteiger partial charge in [-0.15, -0.1) is 0 Å². The van der Waals surface area contributed by atoms with Gasteiger partial charge in [-0.2, -0.15) is 0 Å². The van der Waals surface area contributed by atoms with E-state index >= 15 is 0 Å². The first-order valence-corrected chi connectivity index (χ1v) is 8.20. The van der Waals surface area contributed by atoms with Gasteiger partial charge in [-0.25, -0.2) is 4.79 Å². The Kier molecular flexibility index (Phi) is 4.63. The van der Waals surface area contributed by atoms with Crippen molar-refractivity contribution in [2.75, 3.05) is 32.8 Å². The van der Waals surface area contributed by atoms with Crippen LogP contribution in [-0.2, 0) is 9.53 Å². The van der Waals surface area contributed by atoms with Gasteiger partial charge >= 0.3 is 6.03 Å². The number of rotatable bonds is 2. The second-order valence-corrected chi connectivity index (χ2v) is 6.24. The molecule has 0 unspecified atom stereocenters. The number of hydrogen-bond donors (Lipinski definition) is 1. The SMILES string of the molecule is O=C(NC1CCCC1)N1CCN(C(=O)[C@@H]2CCCO2)CC1. The zero-order valence-corrected chi connectivity index (χ0v) is 12.6. The summed E-state index contributed by atoms with van der Waals surface area (Å²) in [6.07, 6.45) is 6.20. The van der Waals surface area contributed by atoms with E-state index in [0.29, 0.717) is 38.8 Å². The van der Waals surface area contributed by atoms with Crippen LogP contribution in [0, 0.1) is 0 Å². The molecule has 1 atom stereocenters. The fourth-order valence-corrected chi connectivity index (χ4v) is 3.44. The molecule has 2 saturated heterocycles. The highest BCUT2D eigenvalue weighted by atomic mass is 16.5. The number of carbonyl (C=O) groups excluding carboxylic acids is 2. The van der Waals surface area contributed by atoms with Crippen LogP contribution < -0.4 is 5.32 Å². The summed E-state index contributed by atoms with van der Waals surface area (Å²) in [7, 11) is 0. The molecule has 6 nitrogen and oxygen atoms in total. The van der Waals surface area contributed by atoms with Gasteiger partial charge in [-0.1, -0.05) is 12.8 Å². The van der Waals surface area contributed by atoms with E-state index in [0.717, 1.165) is 25.7 Å². The Morgan fingerprint density at radius 3 is 2.19 bits per heavy atom. The summed E-state index contributed by atoms with van der Waals surface area (Å²) in [6.45, 7) is 3.18. The van der Waals surface area contributed by atoms with Crippen LogP contribution >= 0.6 is 0 Å². The number of nitrogens with zero attached hydrogens (tertiary/aromatic N) is 2. The highest BCUT2D eigenvalue weighted by Gasteiger charge is 2.31. The number of piperazine rings is 1. The predicted molar refractivity (Wildman–Crippen MR) is 77.9 cm³/mol. The molecule has 118 valence electrons. The van der Waals surface area contributed by atoms with E-state index < -0.39 is 0 Å². The summed E-state index contributed by atoms with van der Waals surface area (Å²) < 4.78 is 5.45. The van der Waals surface area contributed by atoms with Crippen molar-refractivity contribution >= 4 is 11.9 Å². The number of urea groups is 1. The molecule has 3 fully saturated rings. The van der Waals surface area contributed by atoms with Crippen LogP contribution in [0.15, 0.2) is 0 Å². The normalized spacial score (nSPS) is 27.1. The molecule has 0 aromatic rings. The molecule has 3 rings (SSSR count). The lowest BCUT2D eigenvalue weighted by Gasteiger charge is -2.36. The van der Waals surface area contributed by atoms with Crippen LogP contribution in [-0.4, -0.2) is 66.7 Å². The van der Waals surface area contributed by atoms with Crippen molar-refractivity contribution < 1.29 is 14.3 Å². The highest BCUT2D eigenvalue weighted by Crippen LogP contribution is 2.19. The molecule has 0 aromatic heterocycles. The van der Waals surface area contributed by atoms with Gasteiger partial charge in [0.05, 0.1) is 0 Å². The van der Waals surface area contributed by atoms with Gasteiger partial charge in [0.15, 0.2) is 0 Å². The van der Waals surface area contributed by atoms with E-state index in [2.05, 4.69) is 5.32 Å². The molecule has 0 aromatic carbocycles. The molecule has 1 saturated carbocycles. The van der Waals surface area contributed by atoms with Gasteiger partial charge in [-0.05, 0) is 25.7 Å². The van der Waals surface area contributed by atoms with E-state index in [9.17, 15) is 9.59 Å². The standard InChI is InChI=1S/C15H25N3O3/c19-14(13-6-3-11-21-13)17-7-9-18(10-8-17)15(20)16-12-4-1-2-5-12/h12-13H,1-11H2,(H,16,20)/t13-/m0/s1. The van der Waals surface area contributed by atoms with Crippen molar-refractivity contribution in [1.29, 1.82) is 0 Å². The maximum absolute atomic E-state index is 12.2. The zero-order chi connectivity index (χ0) is 14.7. The fraction of sp³-hybridized carbons (Fsp3) is 0.867. The minimum atomic E-state index is -0.246. The van der Waals surface area contributed by atoms with Gasteiger partial charge in [0, 0.05) is 38.8 Å². The Bertz CT molecular complexity index is 382. The molecule has 6 heteroatoms. The monoisotopic (exact) mass is 295 g/mol. The number of carbonyl (C=O) groups is 2. The molecule has 0 bridgehead atoms. The average Bonchev–Trinajstić information content (AvgIpc) is 3.20. The summed E-state index contributed by atoms with van der Waals surface area (Å²) in [5.74, 6) is 0.100. The highest BCUT2D eigenvalue weighted by molar-refractivity contribution is 5.81. The van der Waals surface area contributed by atoms with Crippen LogP contribution in [0.4, 0.5) is 4.79 Å². The number of ether oxygens (including phenoxy) is 1. The summed E-state index contributed by atoms with van der Waals surface area (Å²) in [6, 6.07) is 0.384. The molecule has 2 aliphatic heterocycles. The van der Waals surface area contributed by atoms with E-state index in [4.69, 9.17) is 4.74 Å². The quantitative estimate of drug-likeness (QED) is 0.825. The second kappa shape index (κ2) is 6.64. The maximum atomic E-state index is 12.2. The fourth-order valence-electron chi connectivity index (χ4n) is 3.44. The van der Waals surface area contributed by atoms with Crippen LogP contribution in [0.1, 0.15) is 38.5 Å². The van der Waals surface area contributed by atoms with Crippen LogP contribution in [0.2, 0.25) is 0 Å². The van der Waals surface area contributed by atoms with Crippen molar-refractivity contribution in [2.45, 2.75) is 50.7 Å². The van der Waals surface area contributed by atoms with Crippen LogP contribution in [0.3, 0.4) is 0 Å². The van der Waals surface area contributed by atoms with Crippen molar-refractivity contribution in [3.63, 3.8) is 0 Å². The van der Waals surface area contributed by atoms with Crippen molar-refractivity contribution in [3.8, 4) is 0 Å². The van der Waals surface area contributed by atoms with E-state index in [-0.39, 0.29) is 18.0 Å². The zero-order valence-electron chi connectivity index (χ0n) is 12.6. The molecule has 0 spiro atoms. The Morgan fingerprint density at radius 1 is 0.905 bits per heavy atom. The van der Waals surface area contributed by atoms with Gasteiger partial charge in [0.25, 0.3) is 5.91 Å². The van der Waals surface area contributed by atoms with E-state index in [1.807, 2.05) is 9.80 Å². The Balaban J connectivity index is 1.43. The third-order valence-corrected chi connectivity index (χ3v) is 4.77. The summed E-state index contributed by atoms with van der Waals surface area (Å²) >= 11 is 0. The van der Waals surface area contributed by atoms with Gasteiger partial charge in [-0.3, -0.25) is 4.79 Å². The smallest absolute Gasteiger partial charge is 0.317 e. The lowest BCUT2D eigenvalue weighted by atomic mass is 10.2. The molecule has 1 aliphatic carbocycles. The Labute approximate surface area is 125 Å². The lowest BCUT2D eigenvalue weighted by molar-refractivity contribution is -0.142. The second-order valence-electron chi connectivity index (χ2n) is 6.24. The first kappa shape index (κ1) is 14.6. The van der Waals surface area contributed by atoms with Gasteiger partial charge < -0.3 is 19.9 Å². The third kappa shape index (κ3) is 3.48. The summed E-state index contributed by atoms with van der Waals surface area (Å²) in [5, 5.41) is 3.11. The molecule has 21 heavy (non-hydrogen) atoms. The Hall–Kier alpha value is -1.30. The third-order valence-electron chi connectivity index (χ3n) is 4.77.